The Balaban J connectivity index is 1.86. The quantitative estimate of drug-likeness (QED) is 0.543. The molecule has 27 heavy (non-hydrogen) atoms. The first kappa shape index (κ1) is 17.1. The molecule has 0 unspecified atom stereocenters. The van der Waals surface area contributed by atoms with Gasteiger partial charge in [-0.25, -0.2) is 13.9 Å². The second kappa shape index (κ2) is 6.77. The first-order chi connectivity index (χ1) is 13.1. The molecule has 0 aliphatic heterocycles. The Morgan fingerprint density at radius 3 is 2.56 bits per heavy atom. The van der Waals surface area contributed by atoms with Crippen molar-refractivity contribution in [2.45, 2.75) is 6.54 Å². The molecule has 0 aliphatic carbocycles. The third-order valence-corrected chi connectivity index (χ3v) is 4.64. The van der Waals surface area contributed by atoms with Gasteiger partial charge in [-0.15, -0.1) is 5.10 Å². The Labute approximate surface area is 158 Å². The standard InChI is InChI=1S/C19H15ClN4O3/c1-27-16-9-5-4-8-15(16)22-10-11-23-17(18(22)25)21-24(19(23)26)12-13-6-2-3-7-14(13)20/h2-11H,12H2,1H3. The minimum absolute atomic E-state index is 0.0282. The summed E-state index contributed by atoms with van der Waals surface area (Å²) < 4.78 is 9.18. The summed E-state index contributed by atoms with van der Waals surface area (Å²) in [6.45, 7) is 0.175. The van der Waals surface area contributed by atoms with Crippen molar-refractivity contribution in [2.24, 2.45) is 0 Å². The van der Waals surface area contributed by atoms with E-state index in [4.69, 9.17) is 16.3 Å². The second-order valence-corrected chi connectivity index (χ2v) is 6.28. The zero-order chi connectivity index (χ0) is 19.0. The minimum atomic E-state index is -0.419. The molecule has 0 saturated heterocycles. The predicted octanol–water partition coefficient (Wildman–Crippen LogP) is 2.36. The highest BCUT2D eigenvalue weighted by atomic mass is 35.5. The number of fused-ring (bicyclic) bond motifs is 1. The van der Waals surface area contributed by atoms with Crippen LogP contribution in [0.5, 0.6) is 5.75 Å². The molecule has 0 N–H and O–H groups in total. The molecular weight excluding hydrogens is 368 g/mol. The van der Waals surface area contributed by atoms with Crippen LogP contribution in [-0.2, 0) is 6.54 Å². The van der Waals surface area contributed by atoms with Gasteiger partial charge in [-0.3, -0.25) is 9.36 Å². The molecule has 2 heterocycles. The molecule has 7 nitrogen and oxygen atoms in total. The van der Waals surface area contributed by atoms with Crippen LogP contribution in [0.15, 0.2) is 70.5 Å². The van der Waals surface area contributed by atoms with Crippen molar-refractivity contribution in [2.75, 3.05) is 7.11 Å². The van der Waals surface area contributed by atoms with E-state index in [9.17, 15) is 9.59 Å². The molecule has 0 aliphatic rings. The van der Waals surface area contributed by atoms with Gasteiger partial charge < -0.3 is 4.74 Å². The van der Waals surface area contributed by atoms with Gasteiger partial charge in [0.1, 0.15) is 5.75 Å². The maximum Gasteiger partial charge on any atom is 0.350 e. The van der Waals surface area contributed by atoms with Crippen molar-refractivity contribution in [1.82, 2.24) is 18.7 Å². The van der Waals surface area contributed by atoms with E-state index < -0.39 is 11.2 Å². The van der Waals surface area contributed by atoms with Crippen LogP contribution in [0.25, 0.3) is 11.3 Å². The van der Waals surface area contributed by atoms with Crippen LogP contribution in [0.2, 0.25) is 5.02 Å². The zero-order valence-corrected chi connectivity index (χ0v) is 15.1. The van der Waals surface area contributed by atoms with E-state index in [2.05, 4.69) is 5.10 Å². The van der Waals surface area contributed by atoms with E-state index in [0.717, 1.165) is 5.56 Å². The lowest BCUT2D eigenvalue weighted by atomic mass is 10.2. The minimum Gasteiger partial charge on any atom is -0.495 e. The van der Waals surface area contributed by atoms with Gasteiger partial charge in [0.2, 0.25) is 5.65 Å². The molecule has 0 radical (unpaired) electrons. The molecule has 0 fully saturated rings. The van der Waals surface area contributed by atoms with Gasteiger partial charge in [-0.2, -0.15) is 0 Å². The summed E-state index contributed by atoms with van der Waals surface area (Å²) in [4.78, 5) is 25.5. The number of hydrogen-bond acceptors (Lipinski definition) is 4. The number of benzene rings is 2. The molecule has 0 bridgehead atoms. The van der Waals surface area contributed by atoms with E-state index >= 15 is 0 Å². The van der Waals surface area contributed by atoms with Gasteiger partial charge in [-0.1, -0.05) is 41.9 Å². The molecule has 2 aromatic carbocycles. The predicted molar refractivity (Wildman–Crippen MR) is 102 cm³/mol. The topological polar surface area (TPSA) is 70.5 Å². The summed E-state index contributed by atoms with van der Waals surface area (Å²) >= 11 is 6.17. The molecular formula is C19H15ClN4O3. The number of nitrogens with zero attached hydrogens (tertiary/aromatic N) is 4. The van der Waals surface area contributed by atoms with Crippen molar-refractivity contribution in [3.8, 4) is 11.4 Å². The van der Waals surface area contributed by atoms with Gasteiger partial charge in [0.15, 0.2) is 0 Å². The third kappa shape index (κ3) is 2.92. The Bertz CT molecular complexity index is 1260. The van der Waals surface area contributed by atoms with Crippen LogP contribution in [0.3, 0.4) is 0 Å². The molecule has 136 valence electrons. The summed E-state index contributed by atoms with van der Waals surface area (Å²) in [7, 11) is 1.53. The van der Waals surface area contributed by atoms with E-state index in [-0.39, 0.29) is 12.2 Å². The average Bonchev–Trinajstić information content (AvgIpc) is 3.01. The van der Waals surface area contributed by atoms with Gasteiger partial charge in [-0.05, 0) is 23.8 Å². The number of halogens is 1. The summed E-state index contributed by atoms with van der Waals surface area (Å²) in [6, 6.07) is 14.3. The van der Waals surface area contributed by atoms with Crippen LogP contribution < -0.4 is 16.0 Å². The first-order valence-electron chi connectivity index (χ1n) is 8.18. The Hall–Kier alpha value is -3.32. The van der Waals surface area contributed by atoms with Gasteiger partial charge in [0.25, 0.3) is 0 Å². The second-order valence-electron chi connectivity index (χ2n) is 5.87. The lowest BCUT2D eigenvalue weighted by Gasteiger charge is -2.10. The number of ether oxygens (including phenoxy) is 1. The average molecular weight is 383 g/mol. The highest BCUT2D eigenvalue weighted by Gasteiger charge is 2.15. The normalized spacial score (nSPS) is 11.0. The van der Waals surface area contributed by atoms with Crippen molar-refractivity contribution >= 4 is 17.2 Å². The lowest BCUT2D eigenvalue weighted by Crippen LogP contribution is -2.24. The van der Waals surface area contributed by atoms with E-state index in [1.54, 1.807) is 24.3 Å². The van der Waals surface area contributed by atoms with Crippen LogP contribution in [-0.4, -0.2) is 25.9 Å². The summed E-state index contributed by atoms with van der Waals surface area (Å²) in [5.41, 5.74) is 0.516. The fraction of sp³-hybridized carbons (Fsp3) is 0.105. The number of hydrogen-bond donors (Lipinski definition) is 0. The molecule has 4 aromatic rings. The zero-order valence-electron chi connectivity index (χ0n) is 14.4. The van der Waals surface area contributed by atoms with Gasteiger partial charge in [0, 0.05) is 17.4 Å². The molecule has 0 amide bonds. The van der Waals surface area contributed by atoms with Crippen molar-refractivity contribution < 1.29 is 4.74 Å². The largest absolute Gasteiger partial charge is 0.495 e. The number of rotatable bonds is 4. The van der Waals surface area contributed by atoms with Crippen LogP contribution in [0, 0.1) is 0 Å². The highest BCUT2D eigenvalue weighted by Crippen LogP contribution is 2.20. The van der Waals surface area contributed by atoms with E-state index in [1.807, 2.05) is 24.3 Å². The molecule has 2 aromatic heterocycles. The fourth-order valence-corrected chi connectivity index (χ4v) is 3.11. The number of aromatic nitrogens is 4. The summed E-state index contributed by atoms with van der Waals surface area (Å²) in [6.07, 6.45) is 3.04. The lowest BCUT2D eigenvalue weighted by molar-refractivity contribution is 0.412. The van der Waals surface area contributed by atoms with Crippen molar-refractivity contribution in [1.29, 1.82) is 0 Å². The number of methoxy groups -OCH3 is 1. The van der Waals surface area contributed by atoms with Crippen molar-refractivity contribution in [3.05, 3.63) is 92.3 Å². The molecule has 4 rings (SSSR count). The summed E-state index contributed by atoms with van der Waals surface area (Å²) in [5.74, 6) is 0.543. The smallest absolute Gasteiger partial charge is 0.350 e. The molecule has 0 saturated carbocycles. The van der Waals surface area contributed by atoms with E-state index in [0.29, 0.717) is 16.5 Å². The first-order valence-corrected chi connectivity index (χ1v) is 8.55. The molecule has 8 heteroatoms. The fourth-order valence-electron chi connectivity index (χ4n) is 2.92. The Morgan fingerprint density at radius 1 is 1.04 bits per heavy atom. The van der Waals surface area contributed by atoms with Crippen LogP contribution >= 0.6 is 11.6 Å². The van der Waals surface area contributed by atoms with Crippen molar-refractivity contribution in [3.63, 3.8) is 0 Å². The van der Waals surface area contributed by atoms with Crippen LogP contribution in [0.1, 0.15) is 5.56 Å². The maximum atomic E-state index is 12.9. The molecule has 0 atom stereocenters. The Morgan fingerprint density at radius 2 is 1.78 bits per heavy atom. The monoisotopic (exact) mass is 382 g/mol. The Kier molecular flexibility index (Phi) is 4.29. The van der Waals surface area contributed by atoms with Gasteiger partial charge in [0.05, 0.1) is 19.3 Å². The SMILES string of the molecule is COc1ccccc1-n1ccn2c(=O)n(Cc3ccccc3Cl)nc2c1=O. The highest BCUT2D eigenvalue weighted by molar-refractivity contribution is 6.31. The van der Waals surface area contributed by atoms with Gasteiger partial charge >= 0.3 is 11.2 Å². The van der Waals surface area contributed by atoms with E-state index in [1.165, 1.54) is 33.2 Å². The maximum absolute atomic E-state index is 12.9. The molecule has 0 spiro atoms. The van der Waals surface area contributed by atoms with Crippen LogP contribution in [0.4, 0.5) is 0 Å². The third-order valence-electron chi connectivity index (χ3n) is 4.27. The summed E-state index contributed by atoms with van der Waals surface area (Å²) in [5, 5.41) is 4.76. The number of para-hydroxylation sites is 2.